The van der Waals surface area contributed by atoms with E-state index in [1.54, 1.807) is 19.1 Å². The highest BCUT2D eigenvalue weighted by Gasteiger charge is 2.66. The molecule has 25 heavy (non-hydrogen) atoms. The Morgan fingerprint density at radius 2 is 1.64 bits per heavy atom. The van der Waals surface area contributed by atoms with Gasteiger partial charge in [-0.1, -0.05) is 12.1 Å². The number of rotatable bonds is 2. The first-order valence-electron chi connectivity index (χ1n) is 8.63. The van der Waals surface area contributed by atoms with Crippen molar-refractivity contribution in [2.45, 2.75) is 76.4 Å². The molecular formula is C19H27FN2O3. The number of benzene rings is 1. The Labute approximate surface area is 148 Å². The second-order valence-corrected chi connectivity index (χ2v) is 8.84. The fraction of sp³-hybridized carbons (Fsp3) is 0.632. The number of piperidine rings is 1. The maximum absolute atomic E-state index is 13.1. The number of ether oxygens (including phenoxy) is 1. The van der Waals surface area contributed by atoms with Crippen LogP contribution in [0.15, 0.2) is 24.3 Å². The molecule has 1 atom stereocenters. The normalized spacial score (nSPS) is 29.7. The van der Waals surface area contributed by atoms with Gasteiger partial charge in [0.25, 0.3) is 0 Å². The van der Waals surface area contributed by atoms with Crippen LogP contribution in [-0.4, -0.2) is 38.5 Å². The van der Waals surface area contributed by atoms with Crippen LogP contribution < -0.4 is 5.32 Å². The molecule has 0 aliphatic carbocycles. The molecule has 6 heteroatoms. The Morgan fingerprint density at radius 1 is 1.12 bits per heavy atom. The molecule has 0 unspecified atom stereocenters. The third kappa shape index (κ3) is 3.13. The van der Waals surface area contributed by atoms with Gasteiger partial charge in [0.15, 0.2) is 11.3 Å². The number of carbonyl (C=O) groups excluding carboxylic acids is 1. The Balaban J connectivity index is 1.93. The molecular weight excluding hydrogens is 323 g/mol. The Morgan fingerprint density at radius 3 is 2.16 bits per heavy atom. The molecule has 1 aromatic rings. The zero-order chi connectivity index (χ0) is 18.7. The summed E-state index contributed by atoms with van der Waals surface area (Å²) in [5.74, 6) is -0.335. The highest BCUT2D eigenvalue weighted by atomic mass is 19.1. The van der Waals surface area contributed by atoms with Crippen LogP contribution in [0.4, 0.5) is 9.18 Å². The third-order valence-corrected chi connectivity index (χ3v) is 5.28. The van der Waals surface area contributed by atoms with E-state index in [-0.39, 0.29) is 23.4 Å². The Kier molecular flexibility index (Phi) is 3.93. The topological polar surface area (TPSA) is 61.8 Å². The van der Waals surface area contributed by atoms with Crippen LogP contribution >= 0.6 is 0 Å². The van der Waals surface area contributed by atoms with Gasteiger partial charge in [0.2, 0.25) is 0 Å². The second-order valence-electron chi connectivity index (χ2n) is 8.84. The van der Waals surface area contributed by atoms with E-state index < -0.39 is 17.4 Å². The van der Waals surface area contributed by atoms with E-state index in [9.17, 15) is 14.3 Å². The molecule has 1 aromatic carbocycles. The first-order chi connectivity index (χ1) is 11.4. The summed E-state index contributed by atoms with van der Waals surface area (Å²) in [4.78, 5) is 14.0. The van der Waals surface area contributed by atoms with E-state index in [1.165, 1.54) is 17.0 Å². The molecule has 138 valence electrons. The first-order valence-corrected chi connectivity index (χ1v) is 8.63. The van der Waals surface area contributed by atoms with E-state index >= 15 is 0 Å². The summed E-state index contributed by atoms with van der Waals surface area (Å²) in [6.07, 6.45) is 0.465. The van der Waals surface area contributed by atoms with Gasteiger partial charge in [-0.15, -0.1) is 0 Å². The minimum atomic E-state index is -1.46. The quantitative estimate of drug-likeness (QED) is 0.860. The van der Waals surface area contributed by atoms with E-state index in [2.05, 4.69) is 5.32 Å². The monoisotopic (exact) mass is 350 g/mol. The number of nitrogens with one attached hydrogen (secondary N) is 1. The van der Waals surface area contributed by atoms with Crippen molar-refractivity contribution in [2.75, 3.05) is 0 Å². The number of halogens is 1. The van der Waals surface area contributed by atoms with E-state index in [4.69, 9.17) is 4.74 Å². The molecule has 2 saturated heterocycles. The Hall–Kier alpha value is -1.66. The average molecular weight is 350 g/mol. The summed E-state index contributed by atoms with van der Waals surface area (Å²) >= 11 is 0. The van der Waals surface area contributed by atoms with Crippen molar-refractivity contribution in [1.29, 1.82) is 0 Å². The van der Waals surface area contributed by atoms with Crippen LogP contribution in [0.25, 0.3) is 0 Å². The second kappa shape index (κ2) is 5.42. The predicted molar refractivity (Wildman–Crippen MR) is 92.3 cm³/mol. The summed E-state index contributed by atoms with van der Waals surface area (Å²) < 4.78 is 18.9. The van der Waals surface area contributed by atoms with Crippen LogP contribution in [0, 0.1) is 5.82 Å². The molecule has 1 amide bonds. The highest BCUT2D eigenvalue weighted by molar-refractivity contribution is 5.72. The molecule has 2 fully saturated rings. The molecule has 5 nitrogen and oxygen atoms in total. The number of hydrogen-bond acceptors (Lipinski definition) is 4. The lowest BCUT2D eigenvalue weighted by Crippen LogP contribution is -2.70. The van der Waals surface area contributed by atoms with E-state index in [0.29, 0.717) is 12.8 Å². The third-order valence-electron chi connectivity index (χ3n) is 5.28. The van der Waals surface area contributed by atoms with Crippen LogP contribution in [0.3, 0.4) is 0 Å². The molecule has 0 bridgehead atoms. The van der Waals surface area contributed by atoms with Gasteiger partial charge < -0.3 is 15.2 Å². The summed E-state index contributed by atoms with van der Waals surface area (Å²) in [7, 11) is 0. The number of aliphatic hydroxyl groups is 1. The molecule has 2 aliphatic rings. The number of amides is 1. The summed E-state index contributed by atoms with van der Waals surface area (Å²) in [5.41, 5.74) is -2.31. The van der Waals surface area contributed by atoms with Crippen molar-refractivity contribution < 1.29 is 19.0 Å². The van der Waals surface area contributed by atoms with Crippen LogP contribution in [-0.2, 0) is 11.3 Å². The van der Waals surface area contributed by atoms with Crippen molar-refractivity contribution in [3.63, 3.8) is 0 Å². The van der Waals surface area contributed by atoms with Gasteiger partial charge in [-0.25, -0.2) is 9.18 Å². The van der Waals surface area contributed by atoms with Crippen molar-refractivity contribution in [2.24, 2.45) is 0 Å². The minimum absolute atomic E-state index is 0.169. The minimum Gasteiger partial charge on any atom is -0.437 e. The van der Waals surface area contributed by atoms with Gasteiger partial charge in [-0.05, 0) is 52.3 Å². The molecule has 0 radical (unpaired) electrons. The van der Waals surface area contributed by atoms with Gasteiger partial charge in [0, 0.05) is 23.9 Å². The summed E-state index contributed by atoms with van der Waals surface area (Å²) in [6.45, 7) is 9.98. The molecule has 0 saturated carbocycles. The summed E-state index contributed by atoms with van der Waals surface area (Å²) in [5, 5.41) is 14.9. The lowest BCUT2D eigenvalue weighted by molar-refractivity contribution is -0.182. The van der Waals surface area contributed by atoms with Gasteiger partial charge >= 0.3 is 6.09 Å². The van der Waals surface area contributed by atoms with Crippen molar-refractivity contribution >= 4 is 6.09 Å². The van der Waals surface area contributed by atoms with Crippen LogP contribution in [0.2, 0.25) is 0 Å². The zero-order valence-electron chi connectivity index (χ0n) is 15.5. The van der Waals surface area contributed by atoms with E-state index in [0.717, 1.165) is 5.56 Å². The smallest absolute Gasteiger partial charge is 0.413 e. The maximum Gasteiger partial charge on any atom is 0.413 e. The van der Waals surface area contributed by atoms with Crippen molar-refractivity contribution in [1.82, 2.24) is 10.2 Å². The van der Waals surface area contributed by atoms with Gasteiger partial charge in [-0.2, -0.15) is 0 Å². The lowest BCUT2D eigenvalue weighted by Gasteiger charge is -2.54. The van der Waals surface area contributed by atoms with Crippen LogP contribution in [0.1, 0.15) is 53.0 Å². The highest BCUT2D eigenvalue weighted by Crippen LogP contribution is 2.50. The molecule has 2 heterocycles. The largest absolute Gasteiger partial charge is 0.437 e. The number of hydrogen-bond donors (Lipinski definition) is 2. The molecule has 2 aliphatic heterocycles. The fourth-order valence-corrected chi connectivity index (χ4v) is 4.64. The molecule has 2 N–H and O–H groups in total. The predicted octanol–water partition coefficient (Wildman–Crippen LogP) is 3.17. The zero-order valence-corrected chi connectivity index (χ0v) is 15.5. The van der Waals surface area contributed by atoms with Gasteiger partial charge in [0.05, 0.1) is 6.54 Å². The van der Waals surface area contributed by atoms with E-state index in [1.807, 2.05) is 27.7 Å². The molecule has 0 aromatic heterocycles. The van der Waals surface area contributed by atoms with Crippen molar-refractivity contribution in [3.8, 4) is 0 Å². The van der Waals surface area contributed by atoms with Crippen LogP contribution in [0.5, 0.6) is 0 Å². The Bertz CT molecular complexity index is 666. The average Bonchev–Trinajstić information content (AvgIpc) is 2.57. The first kappa shape index (κ1) is 18.1. The number of nitrogens with zero attached hydrogens (tertiary/aromatic N) is 1. The molecule has 1 spiro atoms. The SMILES string of the molecule is CC1(C)CC2(CC(C)(C)N1)OC(=O)N(Cc1ccc(F)cc1)[C@@]2(C)O. The maximum atomic E-state index is 13.1. The van der Waals surface area contributed by atoms with Crippen molar-refractivity contribution in [3.05, 3.63) is 35.6 Å². The molecule has 3 rings (SSSR count). The standard InChI is InChI=1S/C19H27FN2O3/c1-16(2)11-19(12-17(3,4)21-16)18(5,24)22(15(23)25-19)10-13-6-8-14(20)9-7-13/h6-9,21,24H,10-12H2,1-5H3/t18-/m0/s1. The number of carbonyl (C=O) groups is 1. The fourth-order valence-electron chi connectivity index (χ4n) is 4.64. The van der Waals surface area contributed by atoms with Gasteiger partial charge in [0.1, 0.15) is 5.82 Å². The van der Waals surface area contributed by atoms with Gasteiger partial charge in [-0.3, -0.25) is 4.90 Å². The lowest BCUT2D eigenvalue weighted by atomic mass is 9.68. The summed E-state index contributed by atoms with van der Waals surface area (Å²) in [6, 6.07) is 5.91.